The van der Waals surface area contributed by atoms with E-state index in [9.17, 15) is 0 Å². The van der Waals surface area contributed by atoms with Gasteiger partial charge in [-0.1, -0.05) is 37.0 Å². The molecular formula is C13H16Cl2N4O. The van der Waals surface area contributed by atoms with Crippen molar-refractivity contribution in [1.82, 2.24) is 19.7 Å². The van der Waals surface area contributed by atoms with E-state index in [1.807, 2.05) is 20.8 Å². The third-order valence-electron chi connectivity index (χ3n) is 3.02. The second-order valence-corrected chi connectivity index (χ2v) is 5.51. The number of hydrogen-bond acceptors (Lipinski definition) is 4. The fourth-order valence-electron chi connectivity index (χ4n) is 2.13. The maximum Gasteiger partial charge on any atom is 0.222 e. The van der Waals surface area contributed by atoms with Gasteiger partial charge in [-0.25, -0.2) is 14.6 Å². The van der Waals surface area contributed by atoms with Gasteiger partial charge in [0.15, 0.2) is 5.82 Å². The van der Waals surface area contributed by atoms with Crippen LogP contribution in [0.15, 0.2) is 0 Å². The van der Waals surface area contributed by atoms with E-state index in [2.05, 4.69) is 15.1 Å². The standard InChI is InChI=1S/C13H16Cl2N4O/c1-6(2)8-10(14)16-12(17-11(8)15)9-7(3)18-19(4)13(9)20-5/h6H,1-5H3. The molecule has 0 saturated heterocycles. The average molecular weight is 315 g/mol. The molecule has 0 fully saturated rings. The molecule has 0 atom stereocenters. The zero-order valence-electron chi connectivity index (χ0n) is 12.0. The lowest BCUT2D eigenvalue weighted by atomic mass is 10.1. The minimum atomic E-state index is 0.154. The molecule has 2 aromatic heterocycles. The Morgan fingerprint density at radius 3 is 2.15 bits per heavy atom. The summed E-state index contributed by atoms with van der Waals surface area (Å²) in [6.07, 6.45) is 0. The van der Waals surface area contributed by atoms with Crippen molar-refractivity contribution in [1.29, 1.82) is 0 Å². The molecular weight excluding hydrogens is 299 g/mol. The lowest BCUT2D eigenvalue weighted by molar-refractivity contribution is 0.374. The Hall–Kier alpha value is -1.33. The molecule has 7 heteroatoms. The Morgan fingerprint density at radius 1 is 1.15 bits per heavy atom. The Bertz CT molecular complexity index is 629. The number of ether oxygens (including phenoxy) is 1. The highest BCUT2D eigenvalue weighted by atomic mass is 35.5. The summed E-state index contributed by atoms with van der Waals surface area (Å²) in [6, 6.07) is 0. The Balaban J connectivity index is 2.66. The molecule has 0 bridgehead atoms. The number of halogens is 2. The van der Waals surface area contributed by atoms with Gasteiger partial charge in [-0.2, -0.15) is 5.10 Å². The highest BCUT2D eigenvalue weighted by molar-refractivity contribution is 6.34. The van der Waals surface area contributed by atoms with Gasteiger partial charge in [0.25, 0.3) is 0 Å². The summed E-state index contributed by atoms with van der Waals surface area (Å²) in [5.74, 6) is 1.15. The zero-order valence-corrected chi connectivity index (χ0v) is 13.5. The van der Waals surface area contributed by atoms with Gasteiger partial charge in [-0.15, -0.1) is 0 Å². The smallest absolute Gasteiger partial charge is 0.222 e. The SMILES string of the molecule is COc1c(-c2nc(Cl)c(C(C)C)c(Cl)n2)c(C)nn1C. The van der Waals surface area contributed by atoms with Crippen LogP contribution in [0.2, 0.25) is 10.3 Å². The highest BCUT2D eigenvalue weighted by Gasteiger charge is 2.22. The predicted molar refractivity (Wildman–Crippen MR) is 79.6 cm³/mol. The summed E-state index contributed by atoms with van der Waals surface area (Å²) in [7, 11) is 3.37. The normalized spacial score (nSPS) is 11.2. The molecule has 0 aliphatic carbocycles. The van der Waals surface area contributed by atoms with E-state index in [1.165, 1.54) is 0 Å². The molecule has 5 nitrogen and oxygen atoms in total. The van der Waals surface area contributed by atoms with E-state index in [-0.39, 0.29) is 5.92 Å². The Kier molecular flexibility index (Phi) is 4.20. The third kappa shape index (κ3) is 2.47. The van der Waals surface area contributed by atoms with Crippen molar-refractivity contribution in [3.05, 3.63) is 21.6 Å². The van der Waals surface area contributed by atoms with Gasteiger partial charge >= 0.3 is 0 Å². The van der Waals surface area contributed by atoms with Crippen LogP contribution < -0.4 is 4.74 Å². The Labute approximate surface area is 127 Å². The van der Waals surface area contributed by atoms with Crippen LogP contribution in [0.4, 0.5) is 0 Å². The molecule has 0 unspecified atom stereocenters. The largest absolute Gasteiger partial charge is 0.481 e. The first-order valence-electron chi connectivity index (χ1n) is 6.17. The quantitative estimate of drug-likeness (QED) is 0.812. The summed E-state index contributed by atoms with van der Waals surface area (Å²) in [5, 5.41) is 5.02. The van der Waals surface area contributed by atoms with Crippen molar-refractivity contribution in [3.8, 4) is 17.3 Å². The van der Waals surface area contributed by atoms with Crippen molar-refractivity contribution in [2.24, 2.45) is 7.05 Å². The van der Waals surface area contributed by atoms with Gasteiger partial charge in [-0.05, 0) is 12.8 Å². The number of rotatable bonds is 3. The van der Waals surface area contributed by atoms with Crippen LogP contribution in [-0.2, 0) is 7.05 Å². The van der Waals surface area contributed by atoms with E-state index in [0.29, 0.717) is 27.6 Å². The summed E-state index contributed by atoms with van der Waals surface area (Å²) >= 11 is 12.5. The van der Waals surface area contributed by atoms with Crippen LogP contribution >= 0.6 is 23.2 Å². The minimum absolute atomic E-state index is 0.154. The van der Waals surface area contributed by atoms with Gasteiger partial charge in [0.05, 0.1) is 12.8 Å². The summed E-state index contributed by atoms with van der Waals surface area (Å²) in [4.78, 5) is 8.69. The van der Waals surface area contributed by atoms with Crippen LogP contribution in [-0.4, -0.2) is 26.9 Å². The number of aromatic nitrogens is 4. The summed E-state index contributed by atoms with van der Waals surface area (Å²) < 4.78 is 6.97. The number of nitrogens with zero attached hydrogens (tertiary/aromatic N) is 4. The van der Waals surface area contributed by atoms with Crippen LogP contribution in [0.25, 0.3) is 11.4 Å². The molecule has 0 saturated carbocycles. The molecule has 0 amide bonds. The predicted octanol–water partition coefficient (Wildman–Crippen LogP) is 3.62. The number of hydrogen-bond donors (Lipinski definition) is 0. The molecule has 0 spiro atoms. The van der Waals surface area contributed by atoms with E-state index in [4.69, 9.17) is 27.9 Å². The lowest BCUT2D eigenvalue weighted by Crippen LogP contribution is -2.01. The molecule has 2 aromatic rings. The summed E-state index contributed by atoms with van der Waals surface area (Å²) in [5.41, 5.74) is 2.21. The number of methoxy groups -OCH3 is 1. The van der Waals surface area contributed by atoms with E-state index in [0.717, 1.165) is 11.3 Å². The van der Waals surface area contributed by atoms with Crippen LogP contribution in [0.5, 0.6) is 5.88 Å². The fraction of sp³-hybridized carbons (Fsp3) is 0.462. The first-order chi connectivity index (χ1) is 9.36. The first-order valence-corrected chi connectivity index (χ1v) is 6.93. The van der Waals surface area contributed by atoms with Crippen molar-refractivity contribution in [3.63, 3.8) is 0 Å². The van der Waals surface area contributed by atoms with Gasteiger partial charge in [0.2, 0.25) is 5.88 Å². The zero-order chi connectivity index (χ0) is 15.0. The average Bonchev–Trinajstić information content (AvgIpc) is 2.61. The van der Waals surface area contributed by atoms with Gasteiger partial charge in [0, 0.05) is 12.6 Å². The van der Waals surface area contributed by atoms with Crippen molar-refractivity contribution in [2.45, 2.75) is 26.7 Å². The first kappa shape index (κ1) is 15.1. The van der Waals surface area contributed by atoms with Crippen molar-refractivity contribution < 1.29 is 4.74 Å². The second kappa shape index (κ2) is 5.58. The minimum Gasteiger partial charge on any atom is -0.481 e. The van der Waals surface area contributed by atoms with E-state index >= 15 is 0 Å². The lowest BCUT2D eigenvalue weighted by Gasteiger charge is -2.11. The van der Waals surface area contributed by atoms with E-state index < -0.39 is 0 Å². The van der Waals surface area contributed by atoms with Gasteiger partial charge < -0.3 is 4.74 Å². The van der Waals surface area contributed by atoms with Gasteiger partial charge in [0.1, 0.15) is 15.9 Å². The van der Waals surface area contributed by atoms with Crippen molar-refractivity contribution in [2.75, 3.05) is 7.11 Å². The van der Waals surface area contributed by atoms with Crippen LogP contribution in [0.3, 0.4) is 0 Å². The van der Waals surface area contributed by atoms with Crippen molar-refractivity contribution >= 4 is 23.2 Å². The molecule has 2 heterocycles. The topological polar surface area (TPSA) is 52.8 Å². The number of aryl methyl sites for hydroxylation is 2. The van der Waals surface area contributed by atoms with Gasteiger partial charge in [-0.3, -0.25) is 0 Å². The molecule has 2 rings (SSSR count). The van der Waals surface area contributed by atoms with Crippen LogP contribution in [0.1, 0.15) is 31.0 Å². The molecule has 20 heavy (non-hydrogen) atoms. The molecule has 0 N–H and O–H groups in total. The monoisotopic (exact) mass is 314 g/mol. The fourth-order valence-corrected chi connectivity index (χ4v) is 2.96. The second-order valence-electron chi connectivity index (χ2n) is 4.79. The third-order valence-corrected chi connectivity index (χ3v) is 3.59. The molecule has 0 radical (unpaired) electrons. The molecule has 0 aromatic carbocycles. The molecule has 0 aliphatic heterocycles. The van der Waals surface area contributed by atoms with Crippen LogP contribution in [0, 0.1) is 6.92 Å². The maximum atomic E-state index is 6.23. The molecule has 0 aliphatic rings. The van der Waals surface area contributed by atoms with E-state index in [1.54, 1.807) is 18.8 Å². The summed E-state index contributed by atoms with van der Waals surface area (Å²) in [6.45, 7) is 5.84. The maximum absolute atomic E-state index is 6.23. The highest BCUT2D eigenvalue weighted by Crippen LogP contribution is 2.35. The molecule has 108 valence electrons. The Morgan fingerprint density at radius 2 is 1.70 bits per heavy atom.